The first-order valence-corrected chi connectivity index (χ1v) is 9.52. The van der Waals surface area contributed by atoms with Crippen molar-refractivity contribution in [2.24, 2.45) is 0 Å². The molecule has 6 nitrogen and oxygen atoms in total. The molecule has 0 bridgehead atoms. The van der Waals surface area contributed by atoms with Crippen molar-refractivity contribution in [2.45, 2.75) is 26.4 Å². The highest BCUT2D eigenvalue weighted by Crippen LogP contribution is 2.30. The van der Waals surface area contributed by atoms with E-state index in [0.717, 1.165) is 17.0 Å². The van der Waals surface area contributed by atoms with Gasteiger partial charge in [0.05, 0.1) is 31.5 Å². The van der Waals surface area contributed by atoms with Gasteiger partial charge in [0.25, 0.3) is 5.91 Å². The summed E-state index contributed by atoms with van der Waals surface area (Å²) in [6.07, 6.45) is 1.65. The number of benzene rings is 1. The minimum atomic E-state index is -0.159. The Hall–Kier alpha value is -2.99. The van der Waals surface area contributed by atoms with Gasteiger partial charge in [-0.1, -0.05) is 36.4 Å². The van der Waals surface area contributed by atoms with Crippen LogP contribution in [0.3, 0.4) is 0 Å². The molecule has 1 aliphatic heterocycles. The predicted molar refractivity (Wildman–Crippen MR) is 106 cm³/mol. The molecule has 1 aromatic carbocycles. The first-order chi connectivity index (χ1) is 13.6. The third kappa shape index (κ3) is 3.55. The second-order valence-electron chi connectivity index (χ2n) is 7.03. The van der Waals surface area contributed by atoms with Crippen LogP contribution in [0.25, 0.3) is 0 Å². The SMILES string of the molecule is Cc1nn(Cc2ccccc2)c(C)c1C1COCCN1C(=O)c1ccccn1. The maximum atomic E-state index is 13.1. The summed E-state index contributed by atoms with van der Waals surface area (Å²) < 4.78 is 7.75. The summed E-state index contributed by atoms with van der Waals surface area (Å²) in [6, 6.07) is 15.5. The molecule has 0 saturated carbocycles. The monoisotopic (exact) mass is 376 g/mol. The van der Waals surface area contributed by atoms with Crippen molar-refractivity contribution in [3.8, 4) is 0 Å². The van der Waals surface area contributed by atoms with Crippen LogP contribution in [0.5, 0.6) is 0 Å². The van der Waals surface area contributed by atoms with Crippen molar-refractivity contribution >= 4 is 5.91 Å². The van der Waals surface area contributed by atoms with Crippen LogP contribution in [0.1, 0.15) is 39.0 Å². The molecule has 0 N–H and O–H groups in total. The van der Waals surface area contributed by atoms with Crippen molar-refractivity contribution in [3.05, 3.63) is 82.9 Å². The van der Waals surface area contributed by atoms with E-state index in [4.69, 9.17) is 9.84 Å². The van der Waals surface area contributed by atoms with Gasteiger partial charge in [0, 0.05) is 24.0 Å². The number of hydrogen-bond donors (Lipinski definition) is 0. The fourth-order valence-corrected chi connectivity index (χ4v) is 3.83. The molecular formula is C22H24N4O2. The van der Waals surface area contributed by atoms with Crippen molar-refractivity contribution in [1.82, 2.24) is 19.7 Å². The van der Waals surface area contributed by atoms with E-state index in [1.54, 1.807) is 12.3 Å². The standard InChI is InChI=1S/C22H24N4O2/c1-16-21(17(2)26(24-16)14-18-8-4-3-5-9-18)20-15-28-13-12-25(20)22(27)19-10-6-7-11-23-19/h3-11,20H,12-15H2,1-2H3. The van der Waals surface area contributed by atoms with Gasteiger partial charge in [0.1, 0.15) is 5.69 Å². The molecule has 0 spiro atoms. The highest BCUT2D eigenvalue weighted by molar-refractivity contribution is 5.92. The second-order valence-corrected chi connectivity index (χ2v) is 7.03. The molecule has 3 aromatic rings. The number of rotatable bonds is 4. The number of aromatic nitrogens is 3. The smallest absolute Gasteiger partial charge is 0.273 e. The average molecular weight is 376 g/mol. The van der Waals surface area contributed by atoms with Crippen molar-refractivity contribution in [1.29, 1.82) is 0 Å². The predicted octanol–water partition coefficient (Wildman–Crippen LogP) is 3.16. The highest BCUT2D eigenvalue weighted by atomic mass is 16.5. The van der Waals surface area contributed by atoms with Gasteiger partial charge in [-0.05, 0) is 31.5 Å². The molecule has 1 saturated heterocycles. The summed E-state index contributed by atoms with van der Waals surface area (Å²) in [5, 5.41) is 4.75. The normalized spacial score (nSPS) is 16.9. The molecule has 4 rings (SSSR count). The van der Waals surface area contributed by atoms with E-state index < -0.39 is 0 Å². The minimum Gasteiger partial charge on any atom is -0.377 e. The Kier molecular flexibility index (Phi) is 5.21. The molecule has 1 fully saturated rings. The molecule has 1 amide bonds. The van der Waals surface area contributed by atoms with Crippen LogP contribution in [-0.4, -0.2) is 45.3 Å². The lowest BCUT2D eigenvalue weighted by Gasteiger charge is -2.35. The molecule has 28 heavy (non-hydrogen) atoms. The summed E-state index contributed by atoms with van der Waals surface area (Å²) in [6.45, 7) is 6.32. The Morgan fingerprint density at radius 1 is 1.14 bits per heavy atom. The minimum absolute atomic E-state index is 0.0662. The lowest BCUT2D eigenvalue weighted by molar-refractivity contribution is -0.00336. The number of aryl methyl sites for hydroxylation is 1. The molecule has 1 aliphatic rings. The Bertz CT molecular complexity index is 953. The fourth-order valence-electron chi connectivity index (χ4n) is 3.83. The third-order valence-electron chi connectivity index (χ3n) is 5.22. The first kappa shape index (κ1) is 18.4. The number of carbonyl (C=O) groups excluding carboxylic acids is 1. The molecular weight excluding hydrogens is 352 g/mol. The molecule has 3 heterocycles. The van der Waals surface area contributed by atoms with E-state index in [1.165, 1.54) is 5.56 Å². The van der Waals surface area contributed by atoms with Crippen LogP contribution < -0.4 is 0 Å². The van der Waals surface area contributed by atoms with Gasteiger partial charge < -0.3 is 9.64 Å². The Labute approximate surface area is 164 Å². The van der Waals surface area contributed by atoms with Gasteiger partial charge in [-0.3, -0.25) is 14.5 Å². The van der Waals surface area contributed by atoms with Crippen LogP contribution in [0.15, 0.2) is 54.7 Å². The summed E-state index contributed by atoms with van der Waals surface area (Å²) >= 11 is 0. The Balaban J connectivity index is 1.65. The number of pyridine rings is 1. The average Bonchev–Trinajstić information content (AvgIpc) is 3.01. The topological polar surface area (TPSA) is 60.2 Å². The molecule has 2 aromatic heterocycles. The summed E-state index contributed by atoms with van der Waals surface area (Å²) in [7, 11) is 0. The van der Waals surface area contributed by atoms with Gasteiger partial charge in [0.15, 0.2) is 0 Å². The van der Waals surface area contributed by atoms with Crippen molar-refractivity contribution < 1.29 is 9.53 Å². The van der Waals surface area contributed by atoms with E-state index in [0.29, 0.717) is 32.0 Å². The molecule has 1 unspecified atom stereocenters. The zero-order chi connectivity index (χ0) is 19.5. The van der Waals surface area contributed by atoms with E-state index in [1.807, 2.05) is 46.8 Å². The number of nitrogens with zero attached hydrogens (tertiary/aromatic N) is 4. The quantitative estimate of drug-likeness (QED) is 0.702. The van der Waals surface area contributed by atoms with E-state index in [2.05, 4.69) is 24.0 Å². The lowest BCUT2D eigenvalue weighted by atomic mass is 10.0. The van der Waals surface area contributed by atoms with Crippen LogP contribution in [0.2, 0.25) is 0 Å². The zero-order valence-electron chi connectivity index (χ0n) is 16.2. The molecule has 6 heteroatoms. The van der Waals surface area contributed by atoms with E-state index >= 15 is 0 Å². The number of ether oxygens (including phenoxy) is 1. The zero-order valence-corrected chi connectivity index (χ0v) is 16.2. The Morgan fingerprint density at radius 3 is 2.68 bits per heavy atom. The van der Waals surface area contributed by atoms with E-state index in [9.17, 15) is 4.79 Å². The fraction of sp³-hybridized carbons (Fsp3) is 0.318. The lowest BCUT2D eigenvalue weighted by Crippen LogP contribution is -2.44. The highest BCUT2D eigenvalue weighted by Gasteiger charge is 2.33. The van der Waals surface area contributed by atoms with Gasteiger partial charge in [-0.25, -0.2) is 0 Å². The maximum absolute atomic E-state index is 13.1. The van der Waals surface area contributed by atoms with Crippen LogP contribution in [0, 0.1) is 13.8 Å². The molecule has 0 aliphatic carbocycles. The summed E-state index contributed by atoms with van der Waals surface area (Å²) in [5.41, 5.74) is 4.72. The first-order valence-electron chi connectivity index (χ1n) is 9.52. The molecule has 0 radical (unpaired) electrons. The van der Waals surface area contributed by atoms with Crippen molar-refractivity contribution in [2.75, 3.05) is 19.8 Å². The summed E-state index contributed by atoms with van der Waals surface area (Å²) in [5.74, 6) is -0.0662. The molecule has 144 valence electrons. The largest absolute Gasteiger partial charge is 0.377 e. The van der Waals surface area contributed by atoms with Crippen LogP contribution in [-0.2, 0) is 11.3 Å². The van der Waals surface area contributed by atoms with Crippen LogP contribution in [0.4, 0.5) is 0 Å². The number of hydrogen-bond acceptors (Lipinski definition) is 4. The second kappa shape index (κ2) is 7.94. The molecule has 1 atom stereocenters. The van der Waals surface area contributed by atoms with Gasteiger partial charge in [0.2, 0.25) is 0 Å². The van der Waals surface area contributed by atoms with Crippen molar-refractivity contribution in [3.63, 3.8) is 0 Å². The third-order valence-corrected chi connectivity index (χ3v) is 5.22. The van der Waals surface area contributed by atoms with E-state index in [-0.39, 0.29) is 11.9 Å². The maximum Gasteiger partial charge on any atom is 0.273 e. The van der Waals surface area contributed by atoms with Crippen LogP contribution >= 0.6 is 0 Å². The number of morpholine rings is 1. The van der Waals surface area contributed by atoms with Gasteiger partial charge in [-0.2, -0.15) is 5.10 Å². The number of amides is 1. The van der Waals surface area contributed by atoms with Gasteiger partial charge >= 0.3 is 0 Å². The Morgan fingerprint density at radius 2 is 1.93 bits per heavy atom. The number of carbonyl (C=O) groups is 1. The summed E-state index contributed by atoms with van der Waals surface area (Å²) in [4.78, 5) is 19.2. The van der Waals surface area contributed by atoms with Gasteiger partial charge in [-0.15, -0.1) is 0 Å².